The van der Waals surface area contributed by atoms with Gasteiger partial charge < -0.3 is 39.1 Å². The van der Waals surface area contributed by atoms with Crippen LogP contribution in [0, 0.1) is 0 Å². The lowest BCUT2D eigenvalue weighted by molar-refractivity contribution is 0.167. The van der Waals surface area contributed by atoms with Crippen molar-refractivity contribution in [1.29, 1.82) is 0 Å². The first-order chi connectivity index (χ1) is 24.2. The van der Waals surface area contributed by atoms with E-state index in [-0.39, 0.29) is 38.8 Å². The summed E-state index contributed by atoms with van der Waals surface area (Å²) < 4.78 is 17.0. The summed E-state index contributed by atoms with van der Waals surface area (Å²) in [4.78, 5) is 39.3. The van der Waals surface area contributed by atoms with Crippen molar-refractivity contribution < 1.29 is 43.3 Å². The average molecular weight is 757 g/mol. The van der Waals surface area contributed by atoms with E-state index in [9.17, 15) is 29.7 Å². The van der Waals surface area contributed by atoms with E-state index in [0.717, 1.165) is 22.3 Å². The number of hydrogen-bond donors (Lipinski definition) is 6. The predicted octanol–water partition coefficient (Wildman–Crippen LogP) is 4.46. The van der Waals surface area contributed by atoms with Crippen molar-refractivity contribution in [2.24, 2.45) is 0 Å². The van der Waals surface area contributed by atoms with Gasteiger partial charge in [0.05, 0.1) is 35.2 Å². The average Bonchev–Trinajstić information content (AvgIpc) is 3.06. The lowest BCUT2D eigenvalue weighted by atomic mass is 9.98. The number of nitrogens with zero attached hydrogens (tertiary/aromatic N) is 1. The molecule has 51 heavy (non-hydrogen) atoms. The SMILES string of the molecule is C[SiH2]COC(=O)Nc1cccc(Cc2cc(Cc3cccc(NC(=O)N(CCO)CCO)c3)cc(NC(=O)OC[Si](C)(C)O[Si](C)(C)CO)c2)c1. The van der Waals surface area contributed by atoms with Crippen LogP contribution in [0.5, 0.6) is 0 Å². The highest BCUT2D eigenvalue weighted by molar-refractivity contribution is 6.84. The van der Waals surface area contributed by atoms with Crippen LogP contribution in [0.15, 0.2) is 66.7 Å². The molecule has 16 heteroatoms. The van der Waals surface area contributed by atoms with Crippen molar-refractivity contribution in [2.75, 3.05) is 60.9 Å². The Morgan fingerprint density at radius 1 is 0.686 bits per heavy atom. The maximum atomic E-state index is 13.0. The van der Waals surface area contributed by atoms with Crippen LogP contribution in [0.4, 0.5) is 31.4 Å². The number of aliphatic hydroxyl groups is 3. The van der Waals surface area contributed by atoms with E-state index in [1.54, 1.807) is 12.1 Å². The molecule has 0 heterocycles. The second-order valence-corrected chi connectivity index (χ2v) is 23.3. The smallest absolute Gasteiger partial charge is 0.411 e. The monoisotopic (exact) mass is 756 g/mol. The van der Waals surface area contributed by atoms with Gasteiger partial charge in [0, 0.05) is 30.2 Å². The van der Waals surface area contributed by atoms with Crippen molar-refractivity contribution >= 4 is 61.4 Å². The molecule has 0 aliphatic rings. The standard InChI is InChI=1S/C35H52N4O9Si3/c1-49-24-46-34(44)37-31-11-7-9-27(20-31)17-29-18-28(16-26-8-6-10-30(19-26)36-33(43)39(12-14-40)13-15-41)21-32(22-29)38-35(45)47-25-51(4,5)48-50(2,3)23-42/h6-11,18-22,40-42H,12-17,23-25,49H2,1-5H3,(H,36,43)(H,37,44)(H,38,45). The Kier molecular flexibility index (Phi) is 16.3. The molecule has 3 aromatic rings. The maximum Gasteiger partial charge on any atom is 0.411 e. The lowest BCUT2D eigenvalue weighted by Gasteiger charge is -2.32. The number of anilines is 3. The van der Waals surface area contributed by atoms with E-state index in [2.05, 4.69) is 22.5 Å². The second kappa shape index (κ2) is 20.1. The minimum absolute atomic E-state index is 0.0182. The van der Waals surface area contributed by atoms with E-state index < -0.39 is 44.4 Å². The van der Waals surface area contributed by atoms with Gasteiger partial charge in [0.15, 0.2) is 8.32 Å². The van der Waals surface area contributed by atoms with Crippen molar-refractivity contribution in [3.63, 3.8) is 0 Å². The molecule has 0 aliphatic carbocycles. The highest BCUT2D eigenvalue weighted by Crippen LogP contribution is 2.24. The van der Waals surface area contributed by atoms with Crippen LogP contribution in [-0.2, 0) is 26.4 Å². The minimum Gasteiger partial charge on any atom is -0.454 e. The Labute approximate surface area is 304 Å². The van der Waals surface area contributed by atoms with Gasteiger partial charge in [0.2, 0.25) is 8.32 Å². The predicted molar refractivity (Wildman–Crippen MR) is 207 cm³/mol. The molecule has 0 saturated heterocycles. The molecule has 0 aliphatic heterocycles. The number of carbonyl (C=O) groups is 3. The van der Waals surface area contributed by atoms with Gasteiger partial charge in [-0.05, 0) is 97.7 Å². The van der Waals surface area contributed by atoms with Gasteiger partial charge in [-0.1, -0.05) is 36.9 Å². The van der Waals surface area contributed by atoms with Gasteiger partial charge in [-0.15, -0.1) is 0 Å². The van der Waals surface area contributed by atoms with Crippen LogP contribution in [0.1, 0.15) is 22.3 Å². The zero-order valence-electron chi connectivity index (χ0n) is 30.2. The summed E-state index contributed by atoms with van der Waals surface area (Å²) in [5.74, 6) is 0. The Balaban J connectivity index is 1.84. The van der Waals surface area contributed by atoms with E-state index in [1.165, 1.54) is 4.90 Å². The van der Waals surface area contributed by atoms with Crippen molar-refractivity contribution in [3.05, 3.63) is 89.0 Å². The molecule has 0 radical (unpaired) electrons. The number of urea groups is 1. The number of benzene rings is 3. The van der Waals surface area contributed by atoms with E-state index in [4.69, 9.17) is 13.6 Å². The third-order valence-electron chi connectivity index (χ3n) is 7.42. The molecule has 278 valence electrons. The fourth-order valence-electron chi connectivity index (χ4n) is 5.34. The molecule has 0 aromatic heterocycles. The zero-order valence-corrected chi connectivity index (χ0v) is 33.6. The molecule has 0 bridgehead atoms. The molecule has 4 amide bonds. The summed E-state index contributed by atoms with van der Waals surface area (Å²) in [5, 5.41) is 36.8. The highest BCUT2D eigenvalue weighted by Gasteiger charge is 2.34. The van der Waals surface area contributed by atoms with Crippen LogP contribution >= 0.6 is 0 Å². The fourth-order valence-corrected chi connectivity index (χ4v) is 12.7. The van der Waals surface area contributed by atoms with Crippen molar-refractivity contribution in [3.8, 4) is 0 Å². The third-order valence-corrected chi connectivity index (χ3v) is 14.0. The van der Waals surface area contributed by atoms with Crippen LogP contribution < -0.4 is 16.0 Å². The number of aliphatic hydroxyl groups excluding tert-OH is 3. The molecule has 3 aromatic carbocycles. The molecule has 0 spiro atoms. The van der Waals surface area contributed by atoms with Gasteiger partial charge in [-0.2, -0.15) is 0 Å². The Morgan fingerprint density at radius 2 is 1.20 bits per heavy atom. The molecule has 0 atom stereocenters. The summed E-state index contributed by atoms with van der Waals surface area (Å²) in [6, 6.07) is 20.2. The summed E-state index contributed by atoms with van der Waals surface area (Å²) in [5.41, 5.74) is 5.34. The second-order valence-electron chi connectivity index (χ2n) is 13.4. The van der Waals surface area contributed by atoms with Crippen LogP contribution in [0.3, 0.4) is 0 Å². The summed E-state index contributed by atoms with van der Waals surface area (Å²) >= 11 is 0. The van der Waals surface area contributed by atoms with E-state index >= 15 is 0 Å². The number of rotatable bonds is 18. The lowest BCUT2D eigenvalue weighted by Crippen LogP contribution is -2.50. The first-order valence-electron chi connectivity index (χ1n) is 17.0. The largest absolute Gasteiger partial charge is 0.454 e. The third kappa shape index (κ3) is 15.0. The quantitative estimate of drug-likeness (QED) is 0.102. The van der Waals surface area contributed by atoms with Gasteiger partial charge in [0.1, 0.15) is 6.23 Å². The first kappa shape index (κ1) is 41.4. The van der Waals surface area contributed by atoms with Crippen LogP contribution in [0.2, 0.25) is 32.7 Å². The van der Waals surface area contributed by atoms with E-state index in [0.29, 0.717) is 36.1 Å². The number of hydrogen-bond acceptors (Lipinski definition) is 9. The number of nitrogens with one attached hydrogen (secondary N) is 3. The molecule has 0 fully saturated rings. The molecular weight excluding hydrogens is 705 g/mol. The van der Waals surface area contributed by atoms with Crippen LogP contribution in [-0.4, -0.2) is 110 Å². The summed E-state index contributed by atoms with van der Waals surface area (Å²) in [6.45, 7) is 9.54. The first-order valence-corrected chi connectivity index (χ1v) is 25.7. The van der Waals surface area contributed by atoms with E-state index in [1.807, 2.05) is 80.8 Å². The minimum atomic E-state index is -2.40. The molecule has 3 rings (SSSR count). The Hall–Kier alpha value is -4.04. The molecule has 0 unspecified atom stereocenters. The molecule has 6 N–H and O–H groups in total. The summed E-state index contributed by atoms with van der Waals surface area (Å²) in [7, 11) is -5.07. The van der Waals surface area contributed by atoms with Crippen LogP contribution in [0.25, 0.3) is 0 Å². The summed E-state index contributed by atoms with van der Waals surface area (Å²) in [6.07, 6.45) is 0.437. The molecule has 13 nitrogen and oxygen atoms in total. The zero-order chi connectivity index (χ0) is 37.4. The normalized spacial score (nSPS) is 11.7. The molecular formula is C35H52N4O9Si3. The molecule has 0 saturated carbocycles. The number of carbonyl (C=O) groups excluding carboxylic acids is 3. The van der Waals surface area contributed by atoms with Crippen molar-refractivity contribution in [2.45, 2.75) is 45.6 Å². The topological polar surface area (TPSA) is 179 Å². The van der Waals surface area contributed by atoms with Gasteiger partial charge in [-0.3, -0.25) is 10.6 Å². The van der Waals surface area contributed by atoms with Gasteiger partial charge in [0.25, 0.3) is 0 Å². The fraction of sp³-hybridized carbons (Fsp3) is 0.400. The van der Waals surface area contributed by atoms with Gasteiger partial charge >= 0.3 is 18.2 Å². The number of amides is 4. The Bertz CT molecular complexity index is 1600. The Morgan fingerprint density at radius 3 is 1.73 bits per heavy atom. The highest BCUT2D eigenvalue weighted by atomic mass is 28.4. The maximum absolute atomic E-state index is 13.0. The number of ether oxygens (including phenoxy) is 2. The van der Waals surface area contributed by atoms with Gasteiger partial charge in [-0.25, -0.2) is 14.4 Å². The van der Waals surface area contributed by atoms with Crippen molar-refractivity contribution in [1.82, 2.24) is 4.90 Å².